The van der Waals surface area contributed by atoms with Gasteiger partial charge in [-0.3, -0.25) is 4.79 Å². The summed E-state index contributed by atoms with van der Waals surface area (Å²) in [4.78, 5) is 11.9. The number of benzene rings is 1. The molecule has 0 unspecified atom stereocenters. The molecule has 0 heterocycles. The van der Waals surface area contributed by atoms with E-state index in [0.717, 1.165) is 12.0 Å². The van der Waals surface area contributed by atoms with Gasteiger partial charge in [0.25, 0.3) is 0 Å². The van der Waals surface area contributed by atoms with Gasteiger partial charge in [0.1, 0.15) is 5.78 Å². The molecule has 98 valence electrons. The highest BCUT2D eigenvalue weighted by atomic mass is 16.5. The van der Waals surface area contributed by atoms with Crippen LogP contribution in [0.1, 0.15) is 31.2 Å². The number of carbonyl (C=O) groups is 1. The first-order valence-corrected chi connectivity index (χ1v) is 6.45. The van der Waals surface area contributed by atoms with Gasteiger partial charge in [-0.25, -0.2) is 0 Å². The second kappa shape index (κ2) is 5.89. The topological polar surface area (TPSA) is 35.5 Å². The molecule has 0 amide bonds. The van der Waals surface area contributed by atoms with Crippen molar-refractivity contribution >= 4 is 5.78 Å². The molecule has 1 aromatic carbocycles. The van der Waals surface area contributed by atoms with Crippen LogP contribution in [0.3, 0.4) is 0 Å². The maximum Gasteiger partial charge on any atom is 0.161 e. The molecule has 3 nitrogen and oxygen atoms in total. The van der Waals surface area contributed by atoms with Crippen LogP contribution < -0.4 is 9.47 Å². The Balaban J connectivity index is 1.97. The fourth-order valence-corrected chi connectivity index (χ4v) is 2.31. The van der Waals surface area contributed by atoms with E-state index in [9.17, 15) is 4.79 Å². The summed E-state index contributed by atoms with van der Waals surface area (Å²) in [6.07, 6.45) is 4.95. The van der Waals surface area contributed by atoms with Crippen LogP contribution >= 0.6 is 0 Å². The molecule has 1 aliphatic carbocycles. The number of hydrogen-bond acceptors (Lipinski definition) is 3. The third kappa shape index (κ3) is 3.03. The van der Waals surface area contributed by atoms with Crippen molar-refractivity contribution in [2.75, 3.05) is 14.2 Å². The van der Waals surface area contributed by atoms with Crippen molar-refractivity contribution in [1.29, 1.82) is 0 Å². The third-order valence-electron chi connectivity index (χ3n) is 3.59. The van der Waals surface area contributed by atoms with Crippen LogP contribution in [0.2, 0.25) is 0 Å². The van der Waals surface area contributed by atoms with Crippen LogP contribution in [-0.2, 0) is 11.2 Å². The van der Waals surface area contributed by atoms with E-state index in [1.165, 1.54) is 19.3 Å². The van der Waals surface area contributed by atoms with Crippen LogP contribution in [0.15, 0.2) is 18.2 Å². The molecule has 18 heavy (non-hydrogen) atoms. The van der Waals surface area contributed by atoms with E-state index in [1.54, 1.807) is 14.2 Å². The van der Waals surface area contributed by atoms with Gasteiger partial charge < -0.3 is 9.47 Å². The summed E-state index contributed by atoms with van der Waals surface area (Å²) in [6, 6.07) is 5.67. The Morgan fingerprint density at radius 2 is 1.94 bits per heavy atom. The summed E-state index contributed by atoms with van der Waals surface area (Å²) in [5, 5.41) is 0. The summed E-state index contributed by atoms with van der Waals surface area (Å²) >= 11 is 0. The molecule has 1 saturated carbocycles. The maximum atomic E-state index is 11.9. The Hall–Kier alpha value is -1.51. The average molecular weight is 248 g/mol. The van der Waals surface area contributed by atoms with Gasteiger partial charge in [-0.1, -0.05) is 25.3 Å². The first kappa shape index (κ1) is 12.9. The lowest BCUT2D eigenvalue weighted by Crippen LogP contribution is -2.17. The standard InChI is InChI=1S/C15H20O3/c1-17-14-7-6-12(10-15(14)18-2)9-13(16)8-11-4-3-5-11/h6-7,10-11H,3-5,8-9H2,1-2H3. The van der Waals surface area contributed by atoms with Crippen LogP contribution in [0.25, 0.3) is 0 Å². The summed E-state index contributed by atoms with van der Waals surface area (Å²) in [5.74, 6) is 2.35. The van der Waals surface area contributed by atoms with Gasteiger partial charge in [0.05, 0.1) is 14.2 Å². The zero-order chi connectivity index (χ0) is 13.0. The number of rotatable bonds is 6. The van der Waals surface area contributed by atoms with E-state index < -0.39 is 0 Å². The molecule has 0 spiro atoms. The van der Waals surface area contributed by atoms with Crippen LogP contribution in [0, 0.1) is 5.92 Å². The van der Waals surface area contributed by atoms with E-state index in [-0.39, 0.29) is 0 Å². The van der Waals surface area contributed by atoms with Gasteiger partial charge in [-0.15, -0.1) is 0 Å². The van der Waals surface area contributed by atoms with E-state index in [2.05, 4.69) is 0 Å². The van der Waals surface area contributed by atoms with Crippen molar-refractivity contribution < 1.29 is 14.3 Å². The predicted molar refractivity (Wildman–Crippen MR) is 70.2 cm³/mol. The van der Waals surface area contributed by atoms with Crippen LogP contribution in [-0.4, -0.2) is 20.0 Å². The SMILES string of the molecule is COc1ccc(CC(=O)CC2CCC2)cc1OC. The predicted octanol–water partition coefficient (Wildman–Crippen LogP) is 3.01. The zero-order valence-electron chi connectivity index (χ0n) is 11.1. The van der Waals surface area contributed by atoms with Crippen molar-refractivity contribution in [1.82, 2.24) is 0 Å². The van der Waals surface area contributed by atoms with Gasteiger partial charge >= 0.3 is 0 Å². The van der Waals surface area contributed by atoms with Gasteiger partial charge in [-0.05, 0) is 23.6 Å². The fourth-order valence-electron chi connectivity index (χ4n) is 2.31. The van der Waals surface area contributed by atoms with Crippen LogP contribution in [0.5, 0.6) is 11.5 Å². The summed E-state index contributed by atoms with van der Waals surface area (Å²) in [6.45, 7) is 0. The van der Waals surface area contributed by atoms with E-state index in [4.69, 9.17) is 9.47 Å². The number of Topliss-reactive ketones (excluding diaryl/α,β-unsaturated/α-hetero) is 1. The lowest BCUT2D eigenvalue weighted by atomic mass is 9.81. The summed E-state index contributed by atoms with van der Waals surface area (Å²) in [7, 11) is 3.22. The van der Waals surface area contributed by atoms with Crippen molar-refractivity contribution in [2.45, 2.75) is 32.1 Å². The molecule has 1 aliphatic rings. The molecule has 0 N–H and O–H groups in total. The molecular formula is C15H20O3. The van der Waals surface area contributed by atoms with Gasteiger partial charge in [0, 0.05) is 12.8 Å². The minimum atomic E-state index is 0.326. The molecule has 0 bridgehead atoms. The lowest BCUT2D eigenvalue weighted by Gasteiger charge is -2.24. The highest BCUT2D eigenvalue weighted by molar-refractivity contribution is 5.81. The van der Waals surface area contributed by atoms with Crippen molar-refractivity contribution in [3.63, 3.8) is 0 Å². The molecule has 0 aliphatic heterocycles. The second-order valence-electron chi connectivity index (χ2n) is 4.91. The number of carbonyl (C=O) groups excluding carboxylic acids is 1. The molecule has 3 heteroatoms. The third-order valence-corrected chi connectivity index (χ3v) is 3.59. The fraction of sp³-hybridized carbons (Fsp3) is 0.533. The lowest BCUT2D eigenvalue weighted by molar-refractivity contribution is -0.119. The number of hydrogen-bond donors (Lipinski definition) is 0. The van der Waals surface area contributed by atoms with Crippen LogP contribution in [0.4, 0.5) is 0 Å². The smallest absolute Gasteiger partial charge is 0.161 e. The molecule has 0 atom stereocenters. The first-order valence-electron chi connectivity index (χ1n) is 6.45. The van der Waals surface area contributed by atoms with Crippen molar-refractivity contribution in [3.8, 4) is 11.5 Å². The number of ketones is 1. The van der Waals surface area contributed by atoms with Crippen molar-refractivity contribution in [3.05, 3.63) is 23.8 Å². The highest BCUT2D eigenvalue weighted by Crippen LogP contribution is 2.31. The van der Waals surface area contributed by atoms with Gasteiger partial charge in [-0.2, -0.15) is 0 Å². The Morgan fingerprint density at radius 3 is 2.50 bits per heavy atom. The van der Waals surface area contributed by atoms with E-state index >= 15 is 0 Å². The van der Waals surface area contributed by atoms with E-state index in [1.807, 2.05) is 18.2 Å². The highest BCUT2D eigenvalue weighted by Gasteiger charge is 2.20. The Kier molecular flexibility index (Phi) is 4.24. The Bertz CT molecular complexity index is 422. The quantitative estimate of drug-likeness (QED) is 0.776. The minimum absolute atomic E-state index is 0.326. The van der Waals surface area contributed by atoms with Crippen molar-refractivity contribution in [2.24, 2.45) is 5.92 Å². The molecule has 0 radical (unpaired) electrons. The first-order chi connectivity index (χ1) is 8.72. The normalized spacial score (nSPS) is 15.0. The maximum absolute atomic E-state index is 11.9. The molecule has 0 saturated heterocycles. The molecule has 1 aromatic rings. The molecule has 1 fully saturated rings. The summed E-state index contributed by atoms with van der Waals surface area (Å²) in [5.41, 5.74) is 0.997. The van der Waals surface area contributed by atoms with Gasteiger partial charge in [0.15, 0.2) is 11.5 Å². The Morgan fingerprint density at radius 1 is 1.22 bits per heavy atom. The monoisotopic (exact) mass is 248 g/mol. The minimum Gasteiger partial charge on any atom is -0.493 e. The number of methoxy groups -OCH3 is 2. The Labute approximate surface area is 108 Å². The van der Waals surface area contributed by atoms with Gasteiger partial charge in [0.2, 0.25) is 0 Å². The number of ether oxygens (including phenoxy) is 2. The molecular weight excluding hydrogens is 228 g/mol. The average Bonchev–Trinajstić information content (AvgIpc) is 2.33. The summed E-state index contributed by atoms with van der Waals surface area (Å²) < 4.78 is 10.4. The second-order valence-corrected chi connectivity index (χ2v) is 4.91. The zero-order valence-corrected chi connectivity index (χ0v) is 11.1. The largest absolute Gasteiger partial charge is 0.493 e. The molecule has 0 aromatic heterocycles. The molecule has 2 rings (SSSR count). The van der Waals surface area contributed by atoms with E-state index in [0.29, 0.717) is 29.6 Å².